The molecule has 2 heterocycles. The summed E-state index contributed by atoms with van der Waals surface area (Å²) in [4.78, 5) is 33.7. The first kappa shape index (κ1) is 21.1. The molecule has 0 saturated carbocycles. The lowest BCUT2D eigenvalue weighted by Gasteiger charge is -2.17. The topological polar surface area (TPSA) is 95.5 Å². The lowest BCUT2D eigenvalue weighted by atomic mass is 9.97. The first-order chi connectivity index (χ1) is 12.6. The van der Waals surface area contributed by atoms with Gasteiger partial charge in [0.2, 0.25) is 11.8 Å². The number of carbonyl (C=O) groups excluding carboxylic acids is 2. The van der Waals surface area contributed by atoms with Crippen molar-refractivity contribution in [3.05, 3.63) is 0 Å². The van der Waals surface area contributed by atoms with Crippen LogP contribution < -0.4 is 10.6 Å². The highest BCUT2D eigenvalue weighted by Gasteiger charge is 2.42. The number of aliphatic carboxylic acids is 1. The number of hydrogen-bond donors (Lipinski definition) is 3. The van der Waals surface area contributed by atoms with Crippen LogP contribution in [0.15, 0.2) is 0 Å². The predicted molar refractivity (Wildman–Crippen MR) is 103 cm³/mol. The molecule has 0 aromatic rings. The molecule has 0 aromatic carbocycles. The minimum atomic E-state index is -0.725. The van der Waals surface area contributed by atoms with Gasteiger partial charge >= 0.3 is 5.97 Å². The maximum atomic E-state index is 11.8. The van der Waals surface area contributed by atoms with Crippen molar-refractivity contribution in [1.29, 1.82) is 0 Å². The Hall–Kier alpha value is -1.24. The van der Waals surface area contributed by atoms with E-state index in [4.69, 9.17) is 5.11 Å². The summed E-state index contributed by atoms with van der Waals surface area (Å²) < 4.78 is 0. The molecule has 2 aliphatic rings. The van der Waals surface area contributed by atoms with Crippen LogP contribution in [0.5, 0.6) is 0 Å². The molecule has 26 heavy (non-hydrogen) atoms. The summed E-state index contributed by atoms with van der Waals surface area (Å²) in [5.74, 6) is 1.21. The van der Waals surface area contributed by atoms with Crippen LogP contribution in [0.4, 0.5) is 0 Å². The predicted octanol–water partition coefficient (Wildman–Crippen LogP) is 2.71. The van der Waals surface area contributed by atoms with Gasteiger partial charge in [-0.05, 0) is 37.4 Å². The number of thioether (sulfide) groups is 1. The molecule has 0 unspecified atom stereocenters. The third-order valence-corrected chi connectivity index (χ3v) is 6.82. The molecular formula is C19H32N2O4S. The molecule has 0 spiro atoms. The third-order valence-electron chi connectivity index (χ3n) is 5.24. The van der Waals surface area contributed by atoms with Crippen LogP contribution in [0.2, 0.25) is 0 Å². The summed E-state index contributed by atoms with van der Waals surface area (Å²) in [6.45, 7) is 0.714. The van der Waals surface area contributed by atoms with Crippen LogP contribution in [0.1, 0.15) is 70.6 Å². The lowest BCUT2D eigenvalue weighted by Crippen LogP contribution is -2.34. The molecule has 2 fully saturated rings. The van der Waals surface area contributed by atoms with E-state index in [-0.39, 0.29) is 18.2 Å². The van der Waals surface area contributed by atoms with Gasteiger partial charge in [0, 0.05) is 37.1 Å². The zero-order valence-corrected chi connectivity index (χ0v) is 16.3. The number of carboxylic acid groups (broad SMARTS) is 1. The zero-order valence-electron chi connectivity index (χ0n) is 15.5. The summed E-state index contributed by atoms with van der Waals surface area (Å²) in [6, 6.07) is 0.358. The van der Waals surface area contributed by atoms with Crippen molar-refractivity contribution < 1.29 is 19.5 Å². The minimum absolute atomic E-state index is 0.127. The SMILES string of the molecule is O=C(O)CCCCCCCNC(=O)CCCC[C@@H]1SC[C@H]2CC(=O)N[C@H]21. The summed E-state index contributed by atoms with van der Waals surface area (Å²) in [7, 11) is 0. The summed E-state index contributed by atoms with van der Waals surface area (Å²) in [6.07, 6.45) is 9.26. The Labute approximate surface area is 160 Å². The Morgan fingerprint density at radius 2 is 1.81 bits per heavy atom. The maximum absolute atomic E-state index is 11.8. The van der Waals surface area contributed by atoms with E-state index in [1.165, 1.54) is 0 Å². The number of rotatable bonds is 13. The van der Waals surface area contributed by atoms with Gasteiger partial charge in [0.15, 0.2) is 0 Å². The van der Waals surface area contributed by atoms with Gasteiger partial charge in [-0.25, -0.2) is 0 Å². The van der Waals surface area contributed by atoms with Crippen molar-refractivity contribution in [2.24, 2.45) is 5.92 Å². The smallest absolute Gasteiger partial charge is 0.303 e. The van der Waals surface area contributed by atoms with Crippen molar-refractivity contribution in [3.8, 4) is 0 Å². The quantitative estimate of drug-likeness (QED) is 0.424. The Morgan fingerprint density at radius 3 is 2.62 bits per heavy atom. The standard InChI is InChI=1S/C19H32N2O4S/c22-16(20-11-7-3-1-2-4-10-18(24)25)9-6-5-8-15-19-14(13-26-15)12-17(23)21-19/h14-15,19H,1-13H2,(H,20,22)(H,21,23)(H,24,25)/t14-,15+,19-/m1/s1. The molecule has 2 aliphatic heterocycles. The fourth-order valence-corrected chi connectivity index (χ4v) is 5.43. The molecule has 7 heteroatoms. The number of carboxylic acids is 1. The second-order valence-electron chi connectivity index (χ2n) is 7.44. The molecular weight excluding hydrogens is 352 g/mol. The highest BCUT2D eigenvalue weighted by atomic mass is 32.2. The second-order valence-corrected chi connectivity index (χ2v) is 8.71. The van der Waals surface area contributed by atoms with Gasteiger partial charge in [-0.1, -0.05) is 25.7 Å². The third kappa shape index (κ3) is 7.56. The molecule has 0 radical (unpaired) electrons. The Kier molecular flexibility index (Phi) is 9.29. The van der Waals surface area contributed by atoms with E-state index >= 15 is 0 Å². The number of carbonyl (C=O) groups is 3. The molecule has 3 atom stereocenters. The van der Waals surface area contributed by atoms with Crippen LogP contribution in [0, 0.1) is 5.92 Å². The van der Waals surface area contributed by atoms with Crippen LogP contribution in [0.3, 0.4) is 0 Å². The first-order valence-corrected chi connectivity index (χ1v) is 11.0. The van der Waals surface area contributed by atoms with E-state index in [0.29, 0.717) is 36.6 Å². The minimum Gasteiger partial charge on any atom is -0.481 e. The van der Waals surface area contributed by atoms with Gasteiger partial charge < -0.3 is 15.7 Å². The monoisotopic (exact) mass is 384 g/mol. The number of hydrogen-bond acceptors (Lipinski definition) is 4. The van der Waals surface area contributed by atoms with E-state index in [0.717, 1.165) is 57.1 Å². The van der Waals surface area contributed by atoms with Gasteiger partial charge in [0.1, 0.15) is 0 Å². The van der Waals surface area contributed by atoms with E-state index < -0.39 is 5.97 Å². The fraction of sp³-hybridized carbons (Fsp3) is 0.842. The molecule has 3 N–H and O–H groups in total. The molecule has 0 bridgehead atoms. The van der Waals surface area contributed by atoms with Crippen LogP contribution in [-0.2, 0) is 14.4 Å². The number of nitrogens with one attached hydrogen (secondary N) is 2. The van der Waals surface area contributed by atoms with Crippen molar-refractivity contribution in [2.45, 2.75) is 81.9 Å². The molecule has 2 amide bonds. The molecule has 2 saturated heterocycles. The van der Waals surface area contributed by atoms with Gasteiger partial charge in [-0.2, -0.15) is 11.8 Å². The number of unbranched alkanes of at least 4 members (excludes halogenated alkanes) is 5. The summed E-state index contributed by atoms with van der Waals surface area (Å²) >= 11 is 1.97. The highest BCUT2D eigenvalue weighted by molar-refractivity contribution is 8.00. The summed E-state index contributed by atoms with van der Waals surface area (Å²) in [5.41, 5.74) is 0. The Balaban J connectivity index is 1.40. The molecule has 2 rings (SSSR count). The van der Waals surface area contributed by atoms with Crippen LogP contribution in [-0.4, -0.2) is 46.5 Å². The fourth-order valence-electron chi connectivity index (χ4n) is 3.78. The molecule has 148 valence electrons. The van der Waals surface area contributed by atoms with E-state index in [1.807, 2.05) is 11.8 Å². The largest absolute Gasteiger partial charge is 0.481 e. The molecule has 0 aromatic heterocycles. The van der Waals surface area contributed by atoms with Crippen molar-refractivity contribution in [1.82, 2.24) is 10.6 Å². The number of amides is 2. The first-order valence-electron chi connectivity index (χ1n) is 9.95. The lowest BCUT2D eigenvalue weighted by molar-refractivity contribution is -0.137. The Morgan fingerprint density at radius 1 is 1.08 bits per heavy atom. The summed E-state index contributed by atoms with van der Waals surface area (Å²) in [5, 5.41) is 15.1. The molecule has 0 aliphatic carbocycles. The number of fused-ring (bicyclic) bond motifs is 1. The van der Waals surface area contributed by atoms with E-state index in [9.17, 15) is 14.4 Å². The highest BCUT2D eigenvalue weighted by Crippen LogP contribution is 2.39. The average Bonchev–Trinajstić information content (AvgIpc) is 3.13. The van der Waals surface area contributed by atoms with Crippen LogP contribution >= 0.6 is 11.8 Å². The van der Waals surface area contributed by atoms with E-state index in [1.54, 1.807) is 0 Å². The Bertz CT molecular complexity index is 486. The van der Waals surface area contributed by atoms with Crippen molar-refractivity contribution >= 4 is 29.5 Å². The maximum Gasteiger partial charge on any atom is 0.303 e. The van der Waals surface area contributed by atoms with E-state index in [2.05, 4.69) is 10.6 Å². The van der Waals surface area contributed by atoms with Gasteiger partial charge in [-0.15, -0.1) is 0 Å². The van der Waals surface area contributed by atoms with Gasteiger partial charge in [0.05, 0.1) is 0 Å². The van der Waals surface area contributed by atoms with Crippen molar-refractivity contribution in [3.63, 3.8) is 0 Å². The van der Waals surface area contributed by atoms with Gasteiger partial charge in [0.25, 0.3) is 0 Å². The normalized spacial score (nSPS) is 24.3. The molecule has 6 nitrogen and oxygen atoms in total. The van der Waals surface area contributed by atoms with Gasteiger partial charge in [-0.3, -0.25) is 14.4 Å². The average molecular weight is 385 g/mol. The van der Waals surface area contributed by atoms with Crippen LogP contribution in [0.25, 0.3) is 0 Å². The van der Waals surface area contributed by atoms with Crippen molar-refractivity contribution in [2.75, 3.05) is 12.3 Å². The second kappa shape index (κ2) is 11.5. The zero-order chi connectivity index (χ0) is 18.8.